The van der Waals surface area contributed by atoms with Gasteiger partial charge in [-0.25, -0.2) is 0 Å². The van der Waals surface area contributed by atoms with Gasteiger partial charge in [-0.15, -0.1) is 0 Å². The zero-order valence-corrected chi connectivity index (χ0v) is 12.5. The summed E-state index contributed by atoms with van der Waals surface area (Å²) in [6, 6.07) is 5.70. The Morgan fingerprint density at radius 3 is 2.53 bits per heavy atom. The summed E-state index contributed by atoms with van der Waals surface area (Å²) in [5.74, 6) is 0. The van der Waals surface area contributed by atoms with E-state index in [1.165, 1.54) is 19.3 Å². The van der Waals surface area contributed by atoms with Gasteiger partial charge in [0.2, 0.25) is 0 Å². The predicted octanol–water partition coefficient (Wildman–Crippen LogP) is 4.08. The Morgan fingerprint density at radius 2 is 1.95 bits per heavy atom. The van der Waals surface area contributed by atoms with Crippen molar-refractivity contribution in [3.8, 4) is 0 Å². The fourth-order valence-electron chi connectivity index (χ4n) is 2.49. The molecule has 1 aliphatic rings. The quantitative estimate of drug-likeness (QED) is 0.777. The fourth-order valence-corrected chi connectivity index (χ4v) is 3.03. The summed E-state index contributed by atoms with van der Waals surface area (Å²) in [4.78, 5) is 0. The third-order valence-electron chi connectivity index (χ3n) is 3.49. The molecule has 2 nitrogen and oxygen atoms in total. The van der Waals surface area contributed by atoms with Gasteiger partial charge in [-0.1, -0.05) is 34.9 Å². The minimum absolute atomic E-state index is 0.109. The third kappa shape index (κ3) is 4.50. The van der Waals surface area contributed by atoms with Crippen LogP contribution in [0.25, 0.3) is 0 Å². The van der Waals surface area contributed by atoms with E-state index in [0.29, 0.717) is 16.6 Å². The van der Waals surface area contributed by atoms with Crippen molar-refractivity contribution in [1.29, 1.82) is 0 Å². The Kier molecular flexibility index (Phi) is 5.71. The highest BCUT2D eigenvalue weighted by Gasteiger charge is 2.11. The SMILES string of the molecule is NCC(NCCC1=CCCC1)c1cc(Cl)cc(Cl)c1. The second kappa shape index (κ2) is 7.30. The summed E-state index contributed by atoms with van der Waals surface area (Å²) in [5.41, 5.74) is 8.45. The molecule has 1 aromatic carbocycles. The Hall–Kier alpha value is -0.540. The van der Waals surface area contributed by atoms with Gasteiger partial charge in [0.15, 0.2) is 0 Å². The average molecular weight is 299 g/mol. The van der Waals surface area contributed by atoms with Crippen LogP contribution in [0.4, 0.5) is 0 Å². The number of allylic oxidation sites excluding steroid dienone is 1. The summed E-state index contributed by atoms with van der Waals surface area (Å²) in [5, 5.41) is 4.79. The molecule has 1 aromatic rings. The Labute approximate surface area is 125 Å². The summed E-state index contributed by atoms with van der Waals surface area (Å²) in [6.45, 7) is 1.48. The maximum Gasteiger partial charge on any atom is 0.0445 e. The molecule has 1 unspecified atom stereocenters. The molecular formula is C15H20Cl2N2. The average Bonchev–Trinajstić information content (AvgIpc) is 2.86. The van der Waals surface area contributed by atoms with Crippen molar-refractivity contribution in [1.82, 2.24) is 5.32 Å². The van der Waals surface area contributed by atoms with Gasteiger partial charge in [-0.05, 0) is 56.0 Å². The highest BCUT2D eigenvalue weighted by atomic mass is 35.5. The molecule has 0 amide bonds. The standard InChI is InChI=1S/C15H20Cl2N2/c16-13-7-12(8-14(17)9-13)15(10-18)19-6-5-11-3-1-2-4-11/h3,7-9,15,19H,1-2,4-6,10,18H2. The molecule has 0 saturated carbocycles. The van der Waals surface area contributed by atoms with E-state index in [0.717, 1.165) is 18.5 Å². The molecule has 0 heterocycles. The van der Waals surface area contributed by atoms with E-state index < -0.39 is 0 Å². The molecule has 0 bridgehead atoms. The lowest BCUT2D eigenvalue weighted by molar-refractivity contribution is 0.542. The monoisotopic (exact) mass is 298 g/mol. The van der Waals surface area contributed by atoms with Crippen molar-refractivity contribution in [2.24, 2.45) is 5.73 Å². The van der Waals surface area contributed by atoms with Crippen LogP contribution in [0.3, 0.4) is 0 Å². The van der Waals surface area contributed by atoms with Gasteiger partial charge >= 0.3 is 0 Å². The number of nitrogens with one attached hydrogen (secondary N) is 1. The first kappa shape index (κ1) is 14.9. The van der Waals surface area contributed by atoms with E-state index in [4.69, 9.17) is 28.9 Å². The molecule has 0 spiro atoms. The molecule has 0 fully saturated rings. The number of hydrogen-bond acceptors (Lipinski definition) is 2. The first-order chi connectivity index (χ1) is 9.19. The first-order valence-corrected chi connectivity index (χ1v) is 7.52. The van der Waals surface area contributed by atoms with E-state index in [2.05, 4.69) is 11.4 Å². The smallest absolute Gasteiger partial charge is 0.0445 e. The maximum atomic E-state index is 6.03. The fraction of sp³-hybridized carbons (Fsp3) is 0.467. The lowest BCUT2D eigenvalue weighted by Gasteiger charge is -2.18. The van der Waals surface area contributed by atoms with Crippen LogP contribution in [0.5, 0.6) is 0 Å². The van der Waals surface area contributed by atoms with E-state index in [9.17, 15) is 0 Å². The molecule has 1 atom stereocenters. The Bertz CT molecular complexity index is 437. The van der Waals surface area contributed by atoms with Gasteiger partial charge in [0.1, 0.15) is 0 Å². The number of hydrogen-bond donors (Lipinski definition) is 2. The predicted molar refractivity (Wildman–Crippen MR) is 82.8 cm³/mol. The Morgan fingerprint density at radius 1 is 1.21 bits per heavy atom. The molecule has 2 rings (SSSR count). The zero-order valence-electron chi connectivity index (χ0n) is 11.0. The van der Waals surface area contributed by atoms with Crippen LogP contribution in [-0.2, 0) is 0 Å². The molecule has 3 N–H and O–H groups in total. The lowest BCUT2D eigenvalue weighted by Crippen LogP contribution is -2.29. The van der Waals surface area contributed by atoms with E-state index in [1.54, 1.807) is 11.6 Å². The maximum absolute atomic E-state index is 6.03. The van der Waals surface area contributed by atoms with Crippen molar-refractivity contribution in [3.05, 3.63) is 45.5 Å². The molecule has 0 aliphatic heterocycles. The van der Waals surface area contributed by atoms with Crippen LogP contribution in [0.15, 0.2) is 29.8 Å². The molecule has 19 heavy (non-hydrogen) atoms. The summed E-state index contributed by atoms with van der Waals surface area (Å²) in [7, 11) is 0. The van der Waals surface area contributed by atoms with Gasteiger partial charge in [0.05, 0.1) is 0 Å². The Balaban J connectivity index is 1.91. The lowest BCUT2D eigenvalue weighted by atomic mass is 10.1. The van der Waals surface area contributed by atoms with E-state index in [1.807, 2.05) is 12.1 Å². The number of benzene rings is 1. The third-order valence-corrected chi connectivity index (χ3v) is 3.93. The second-order valence-corrected chi connectivity index (χ2v) is 5.82. The molecule has 0 aromatic heterocycles. The van der Waals surface area contributed by atoms with Crippen LogP contribution >= 0.6 is 23.2 Å². The van der Waals surface area contributed by atoms with Crippen LogP contribution in [0.1, 0.15) is 37.3 Å². The zero-order chi connectivity index (χ0) is 13.7. The highest BCUT2D eigenvalue weighted by Crippen LogP contribution is 2.24. The van der Waals surface area contributed by atoms with Crippen LogP contribution in [0.2, 0.25) is 10.0 Å². The van der Waals surface area contributed by atoms with Gasteiger partial charge < -0.3 is 11.1 Å². The molecule has 104 valence electrons. The van der Waals surface area contributed by atoms with E-state index in [-0.39, 0.29) is 6.04 Å². The minimum Gasteiger partial charge on any atom is -0.329 e. The molecular weight excluding hydrogens is 279 g/mol. The summed E-state index contributed by atoms with van der Waals surface area (Å²) >= 11 is 12.1. The normalized spacial score (nSPS) is 16.5. The van der Waals surface area contributed by atoms with Crippen molar-refractivity contribution in [2.45, 2.75) is 31.7 Å². The largest absolute Gasteiger partial charge is 0.329 e. The second-order valence-electron chi connectivity index (χ2n) is 4.95. The summed E-state index contributed by atoms with van der Waals surface area (Å²) < 4.78 is 0. The van der Waals surface area contributed by atoms with Gasteiger partial charge in [-0.3, -0.25) is 0 Å². The number of nitrogens with two attached hydrogens (primary N) is 1. The summed E-state index contributed by atoms with van der Waals surface area (Å²) in [6.07, 6.45) is 7.25. The first-order valence-electron chi connectivity index (χ1n) is 6.76. The van der Waals surface area contributed by atoms with Crippen molar-refractivity contribution < 1.29 is 0 Å². The van der Waals surface area contributed by atoms with Crippen LogP contribution < -0.4 is 11.1 Å². The number of halogens is 2. The van der Waals surface area contributed by atoms with Crippen molar-refractivity contribution in [2.75, 3.05) is 13.1 Å². The van der Waals surface area contributed by atoms with E-state index >= 15 is 0 Å². The molecule has 0 radical (unpaired) electrons. The van der Waals surface area contributed by atoms with Crippen LogP contribution in [0, 0.1) is 0 Å². The van der Waals surface area contributed by atoms with Crippen molar-refractivity contribution in [3.63, 3.8) is 0 Å². The molecule has 0 saturated heterocycles. The minimum atomic E-state index is 0.109. The molecule has 1 aliphatic carbocycles. The van der Waals surface area contributed by atoms with Gasteiger partial charge in [0, 0.05) is 22.6 Å². The van der Waals surface area contributed by atoms with Gasteiger partial charge in [0.25, 0.3) is 0 Å². The van der Waals surface area contributed by atoms with Crippen LogP contribution in [-0.4, -0.2) is 13.1 Å². The highest BCUT2D eigenvalue weighted by molar-refractivity contribution is 6.34. The molecule has 4 heteroatoms. The van der Waals surface area contributed by atoms with Crippen molar-refractivity contribution >= 4 is 23.2 Å². The number of rotatable bonds is 6. The topological polar surface area (TPSA) is 38.0 Å². The van der Waals surface area contributed by atoms with Gasteiger partial charge in [-0.2, -0.15) is 0 Å².